The maximum atomic E-state index is 10.3. The van der Waals surface area contributed by atoms with Crippen molar-refractivity contribution in [1.82, 2.24) is 0 Å². The van der Waals surface area contributed by atoms with Gasteiger partial charge in [0.25, 0.3) is 0 Å². The molecule has 0 bridgehead atoms. The quantitative estimate of drug-likeness (QED) is 0.619. The zero-order valence-electron chi connectivity index (χ0n) is 14.2. The molecule has 1 aromatic heterocycles. The van der Waals surface area contributed by atoms with E-state index in [1.807, 2.05) is 12.1 Å². The lowest BCUT2D eigenvalue weighted by Gasteiger charge is -2.12. The predicted octanol–water partition coefficient (Wildman–Crippen LogP) is 6.02. The number of aromatic hydroxyl groups is 2. The topological polar surface area (TPSA) is 53.6 Å². The molecular weight excluding hydrogens is 288 g/mol. The molecular formula is C20H24O3. The fourth-order valence-corrected chi connectivity index (χ4v) is 3.11. The van der Waals surface area contributed by atoms with Crippen molar-refractivity contribution in [3.63, 3.8) is 0 Å². The van der Waals surface area contributed by atoms with Gasteiger partial charge >= 0.3 is 0 Å². The summed E-state index contributed by atoms with van der Waals surface area (Å²) in [6.45, 7) is 8.45. The Kier molecular flexibility index (Phi) is 3.97. The summed E-state index contributed by atoms with van der Waals surface area (Å²) >= 11 is 0. The molecule has 3 heteroatoms. The smallest absolute Gasteiger partial charge is 0.139 e. The lowest BCUT2D eigenvalue weighted by Crippen LogP contribution is -1.92. The third kappa shape index (κ3) is 2.54. The SMILES string of the molecule is CCC(C)c1cc2c(cc1O)oc1cc(O)c(C(C)CC)cc12. The molecule has 23 heavy (non-hydrogen) atoms. The molecule has 0 aliphatic carbocycles. The largest absolute Gasteiger partial charge is 0.508 e. The molecule has 2 aromatic carbocycles. The standard InChI is InChI=1S/C20H24O3/c1-5-11(3)13-7-15-16-8-14(12(4)6-2)18(22)10-20(16)23-19(15)9-17(13)21/h7-12,21-22H,5-6H2,1-4H3. The number of phenols is 2. The van der Waals surface area contributed by atoms with Gasteiger partial charge in [-0.25, -0.2) is 0 Å². The zero-order chi connectivity index (χ0) is 16.7. The highest BCUT2D eigenvalue weighted by Crippen LogP contribution is 2.40. The van der Waals surface area contributed by atoms with Gasteiger partial charge in [0.2, 0.25) is 0 Å². The van der Waals surface area contributed by atoms with E-state index in [0.29, 0.717) is 11.2 Å². The molecule has 0 spiro atoms. The van der Waals surface area contributed by atoms with Gasteiger partial charge in [-0.1, -0.05) is 27.7 Å². The molecule has 3 aromatic rings. The number of hydrogen-bond acceptors (Lipinski definition) is 3. The third-order valence-electron chi connectivity index (χ3n) is 5.05. The first-order chi connectivity index (χ1) is 11.0. The van der Waals surface area contributed by atoms with Crippen molar-refractivity contribution in [3.8, 4) is 11.5 Å². The minimum Gasteiger partial charge on any atom is -0.508 e. The van der Waals surface area contributed by atoms with Crippen LogP contribution in [0.3, 0.4) is 0 Å². The molecule has 2 N–H and O–H groups in total. The van der Waals surface area contributed by atoms with Gasteiger partial charge in [-0.2, -0.15) is 0 Å². The van der Waals surface area contributed by atoms with E-state index in [-0.39, 0.29) is 23.3 Å². The zero-order valence-corrected chi connectivity index (χ0v) is 14.2. The van der Waals surface area contributed by atoms with E-state index >= 15 is 0 Å². The molecule has 0 aliphatic heterocycles. The molecule has 0 amide bonds. The molecule has 3 rings (SSSR count). The summed E-state index contributed by atoms with van der Waals surface area (Å²) in [7, 11) is 0. The molecule has 122 valence electrons. The summed E-state index contributed by atoms with van der Waals surface area (Å²) < 4.78 is 5.83. The van der Waals surface area contributed by atoms with E-state index in [1.54, 1.807) is 12.1 Å². The summed E-state index contributed by atoms with van der Waals surface area (Å²) in [6, 6.07) is 7.44. The minimum atomic E-state index is 0.275. The molecule has 0 aliphatic rings. The lowest BCUT2D eigenvalue weighted by atomic mass is 9.93. The van der Waals surface area contributed by atoms with Crippen LogP contribution in [0.4, 0.5) is 0 Å². The fraction of sp³-hybridized carbons (Fsp3) is 0.400. The van der Waals surface area contributed by atoms with E-state index in [2.05, 4.69) is 27.7 Å². The van der Waals surface area contributed by atoms with E-state index in [0.717, 1.165) is 34.7 Å². The van der Waals surface area contributed by atoms with Gasteiger partial charge in [-0.3, -0.25) is 0 Å². The Morgan fingerprint density at radius 2 is 1.17 bits per heavy atom. The van der Waals surface area contributed by atoms with Gasteiger partial charge in [-0.05, 0) is 47.9 Å². The molecule has 3 nitrogen and oxygen atoms in total. The average molecular weight is 312 g/mol. The number of rotatable bonds is 4. The molecule has 0 radical (unpaired) electrons. The second kappa shape index (κ2) is 5.80. The Bertz CT molecular complexity index is 790. The Morgan fingerprint density at radius 3 is 1.52 bits per heavy atom. The molecule has 0 saturated heterocycles. The molecule has 1 heterocycles. The predicted molar refractivity (Wildman–Crippen MR) is 94.5 cm³/mol. The van der Waals surface area contributed by atoms with Gasteiger partial charge in [-0.15, -0.1) is 0 Å². The van der Waals surface area contributed by atoms with Gasteiger partial charge in [0.15, 0.2) is 0 Å². The Balaban J connectivity index is 2.30. The first kappa shape index (κ1) is 15.7. The van der Waals surface area contributed by atoms with Crippen molar-refractivity contribution in [1.29, 1.82) is 0 Å². The van der Waals surface area contributed by atoms with Crippen molar-refractivity contribution in [2.45, 2.75) is 52.4 Å². The average Bonchev–Trinajstić information content (AvgIpc) is 2.87. The third-order valence-corrected chi connectivity index (χ3v) is 5.05. The minimum absolute atomic E-state index is 0.275. The number of hydrogen-bond donors (Lipinski definition) is 2. The first-order valence-corrected chi connectivity index (χ1v) is 8.38. The highest BCUT2D eigenvalue weighted by atomic mass is 16.3. The van der Waals surface area contributed by atoms with Crippen LogP contribution in [0.15, 0.2) is 28.7 Å². The number of phenolic OH excluding ortho intramolecular Hbond substituents is 2. The van der Waals surface area contributed by atoms with Gasteiger partial charge in [0.05, 0.1) is 0 Å². The van der Waals surface area contributed by atoms with Crippen molar-refractivity contribution < 1.29 is 14.6 Å². The number of fused-ring (bicyclic) bond motifs is 3. The van der Waals surface area contributed by atoms with E-state index < -0.39 is 0 Å². The van der Waals surface area contributed by atoms with Gasteiger partial charge < -0.3 is 14.6 Å². The summed E-state index contributed by atoms with van der Waals surface area (Å²) in [5.41, 5.74) is 3.21. The van der Waals surface area contributed by atoms with Crippen LogP contribution in [0.5, 0.6) is 11.5 Å². The van der Waals surface area contributed by atoms with Crippen LogP contribution in [-0.2, 0) is 0 Å². The Morgan fingerprint density at radius 1 is 0.783 bits per heavy atom. The monoisotopic (exact) mass is 312 g/mol. The van der Waals surface area contributed by atoms with Crippen molar-refractivity contribution >= 4 is 21.9 Å². The molecule has 2 atom stereocenters. The van der Waals surface area contributed by atoms with Crippen LogP contribution < -0.4 is 0 Å². The number of benzene rings is 2. The van der Waals surface area contributed by atoms with Crippen LogP contribution in [0.2, 0.25) is 0 Å². The molecule has 0 fully saturated rings. The van der Waals surface area contributed by atoms with E-state index in [9.17, 15) is 10.2 Å². The normalized spacial score (nSPS) is 14.4. The first-order valence-electron chi connectivity index (χ1n) is 8.38. The fourth-order valence-electron chi connectivity index (χ4n) is 3.11. The summed E-state index contributed by atoms with van der Waals surface area (Å²) in [6.07, 6.45) is 1.93. The second-order valence-electron chi connectivity index (χ2n) is 6.54. The van der Waals surface area contributed by atoms with Gasteiger partial charge in [0.1, 0.15) is 22.7 Å². The Hall–Kier alpha value is -2.16. The summed E-state index contributed by atoms with van der Waals surface area (Å²) in [5, 5.41) is 22.5. The Labute approximate surface area is 136 Å². The summed E-state index contributed by atoms with van der Waals surface area (Å²) in [4.78, 5) is 0. The van der Waals surface area contributed by atoms with Crippen LogP contribution in [-0.4, -0.2) is 10.2 Å². The van der Waals surface area contributed by atoms with Crippen molar-refractivity contribution in [2.75, 3.05) is 0 Å². The maximum Gasteiger partial charge on any atom is 0.139 e. The van der Waals surface area contributed by atoms with E-state index in [1.165, 1.54) is 0 Å². The summed E-state index contributed by atoms with van der Waals surface area (Å²) in [5.74, 6) is 1.13. The number of furan rings is 1. The van der Waals surface area contributed by atoms with Crippen LogP contribution >= 0.6 is 0 Å². The second-order valence-corrected chi connectivity index (χ2v) is 6.54. The lowest BCUT2D eigenvalue weighted by molar-refractivity contribution is 0.461. The van der Waals surface area contributed by atoms with Gasteiger partial charge in [0, 0.05) is 22.9 Å². The van der Waals surface area contributed by atoms with Crippen LogP contribution in [0.25, 0.3) is 21.9 Å². The van der Waals surface area contributed by atoms with Crippen LogP contribution in [0, 0.1) is 0 Å². The van der Waals surface area contributed by atoms with Crippen LogP contribution in [0.1, 0.15) is 63.5 Å². The highest BCUT2D eigenvalue weighted by molar-refractivity contribution is 6.06. The van der Waals surface area contributed by atoms with E-state index in [4.69, 9.17) is 4.42 Å². The molecule has 2 unspecified atom stereocenters. The van der Waals surface area contributed by atoms with Crippen molar-refractivity contribution in [2.24, 2.45) is 0 Å². The van der Waals surface area contributed by atoms with Crippen molar-refractivity contribution in [3.05, 3.63) is 35.4 Å². The highest BCUT2D eigenvalue weighted by Gasteiger charge is 2.17. The molecule has 0 saturated carbocycles. The maximum absolute atomic E-state index is 10.3.